The zero-order chi connectivity index (χ0) is 28.0. The van der Waals surface area contributed by atoms with Gasteiger partial charge < -0.3 is 25.7 Å². The standard InChI is InChI=1S/C28H35F2N3O5/c1-17(2)12-13-31-26(37)22-15-28(29,30)16-33(22)27(38)24(35)21(14-19-8-5-4-6-9-19)32-25(36)20-10-7-11-23(34)18(20)3/h4-11,17,21-22,24,34-35H,12-16H2,1-3H3,(H,31,37)(H,32,36)/t21?,22-,24-/m0/s1. The van der Waals surface area contributed by atoms with Crippen molar-refractivity contribution in [3.05, 3.63) is 65.2 Å². The number of aliphatic hydroxyl groups excluding tert-OH is 1. The Morgan fingerprint density at radius 2 is 1.79 bits per heavy atom. The van der Waals surface area contributed by atoms with E-state index in [1.807, 2.05) is 13.8 Å². The summed E-state index contributed by atoms with van der Waals surface area (Å²) in [5, 5.41) is 26.3. The minimum Gasteiger partial charge on any atom is -0.508 e. The Hall–Kier alpha value is -3.53. The monoisotopic (exact) mass is 531 g/mol. The highest BCUT2D eigenvalue weighted by atomic mass is 19.3. The number of rotatable bonds is 10. The van der Waals surface area contributed by atoms with Crippen LogP contribution in [0.3, 0.4) is 0 Å². The number of carbonyl (C=O) groups is 3. The highest BCUT2D eigenvalue weighted by Crippen LogP contribution is 2.33. The van der Waals surface area contributed by atoms with Crippen molar-refractivity contribution in [2.24, 2.45) is 5.92 Å². The molecule has 1 heterocycles. The number of carbonyl (C=O) groups excluding carboxylic acids is 3. The van der Waals surface area contributed by atoms with Crippen LogP contribution in [0.1, 0.15) is 48.2 Å². The van der Waals surface area contributed by atoms with E-state index in [0.717, 1.165) is 0 Å². The molecule has 0 saturated carbocycles. The van der Waals surface area contributed by atoms with Crippen LogP contribution in [0, 0.1) is 12.8 Å². The van der Waals surface area contributed by atoms with Crippen molar-refractivity contribution in [2.45, 2.75) is 64.1 Å². The third-order valence-corrected chi connectivity index (χ3v) is 6.68. The fourth-order valence-corrected chi connectivity index (χ4v) is 4.45. The summed E-state index contributed by atoms with van der Waals surface area (Å²) in [6.45, 7) is 4.73. The van der Waals surface area contributed by atoms with Crippen LogP contribution in [-0.2, 0) is 16.0 Å². The Labute approximate surface area is 221 Å². The quantitative estimate of drug-likeness (QED) is 0.376. The maximum atomic E-state index is 14.4. The van der Waals surface area contributed by atoms with Gasteiger partial charge in [0.1, 0.15) is 11.8 Å². The number of phenolic OH excluding ortho intramolecular Hbond substituents is 1. The van der Waals surface area contributed by atoms with E-state index < -0.39 is 54.8 Å². The van der Waals surface area contributed by atoms with Crippen LogP contribution in [0.4, 0.5) is 8.78 Å². The summed E-state index contributed by atoms with van der Waals surface area (Å²) < 4.78 is 28.8. The molecule has 1 fully saturated rings. The van der Waals surface area contributed by atoms with Crippen molar-refractivity contribution in [3.63, 3.8) is 0 Å². The molecule has 4 N–H and O–H groups in total. The van der Waals surface area contributed by atoms with Crippen LogP contribution < -0.4 is 10.6 Å². The van der Waals surface area contributed by atoms with Gasteiger partial charge in [-0.05, 0) is 43.4 Å². The van der Waals surface area contributed by atoms with E-state index in [-0.39, 0.29) is 30.2 Å². The number of nitrogens with zero attached hydrogens (tertiary/aromatic N) is 1. The number of amides is 3. The molecule has 0 aromatic heterocycles. The van der Waals surface area contributed by atoms with Gasteiger partial charge in [-0.3, -0.25) is 14.4 Å². The van der Waals surface area contributed by atoms with Gasteiger partial charge >= 0.3 is 0 Å². The Morgan fingerprint density at radius 1 is 1.11 bits per heavy atom. The lowest BCUT2D eigenvalue weighted by molar-refractivity contribution is -0.147. The van der Waals surface area contributed by atoms with Crippen LogP contribution in [0.25, 0.3) is 0 Å². The molecule has 0 radical (unpaired) electrons. The minimum absolute atomic E-state index is 0.0207. The fraction of sp³-hybridized carbons (Fsp3) is 0.464. The molecule has 1 aliphatic rings. The lowest BCUT2D eigenvalue weighted by Crippen LogP contribution is -2.56. The largest absolute Gasteiger partial charge is 0.508 e. The lowest BCUT2D eigenvalue weighted by atomic mass is 9.98. The van der Waals surface area contributed by atoms with E-state index in [1.165, 1.54) is 18.2 Å². The fourth-order valence-electron chi connectivity index (χ4n) is 4.45. The number of alkyl halides is 2. The molecule has 38 heavy (non-hydrogen) atoms. The molecule has 0 bridgehead atoms. The molecule has 10 heteroatoms. The number of aliphatic hydroxyl groups is 1. The van der Waals surface area contributed by atoms with Crippen LogP contribution in [0.15, 0.2) is 48.5 Å². The first-order chi connectivity index (χ1) is 17.9. The average molecular weight is 532 g/mol. The Balaban J connectivity index is 1.84. The topological polar surface area (TPSA) is 119 Å². The minimum atomic E-state index is -3.30. The van der Waals surface area contributed by atoms with E-state index in [2.05, 4.69) is 10.6 Å². The smallest absolute Gasteiger partial charge is 0.267 e. The predicted molar refractivity (Wildman–Crippen MR) is 138 cm³/mol. The van der Waals surface area contributed by atoms with Crippen LogP contribution in [0.5, 0.6) is 5.75 Å². The van der Waals surface area contributed by atoms with Gasteiger partial charge in [0.25, 0.3) is 17.7 Å². The molecular formula is C28H35F2N3O5. The van der Waals surface area contributed by atoms with Gasteiger partial charge in [-0.1, -0.05) is 50.2 Å². The zero-order valence-corrected chi connectivity index (χ0v) is 21.8. The molecule has 3 rings (SSSR count). The summed E-state index contributed by atoms with van der Waals surface area (Å²) in [7, 11) is 0. The summed E-state index contributed by atoms with van der Waals surface area (Å²) in [4.78, 5) is 39.9. The molecule has 8 nitrogen and oxygen atoms in total. The maximum absolute atomic E-state index is 14.4. The van der Waals surface area contributed by atoms with Gasteiger partial charge in [0.15, 0.2) is 6.10 Å². The van der Waals surface area contributed by atoms with Gasteiger partial charge in [0, 0.05) is 24.1 Å². The molecular weight excluding hydrogens is 496 g/mol. The summed E-state index contributed by atoms with van der Waals surface area (Å²) in [6.07, 6.45) is -2.09. The highest BCUT2D eigenvalue weighted by molar-refractivity contribution is 5.97. The summed E-state index contributed by atoms with van der Waals surface area (Å²) >= 11 is 0. The number of phenols is 1. The lowest BCUT2D eigenvalue weighted by Gasteiger charge is -2.30. The van der Waals surface area contributed by atoms with Crippen LogP contribution in [-0.4, -0.2) is 70.0 Å². The van der Waals surface area contributed by atoms with Crippen molar-refractivity contribution in [1.82, 2.24) is 15.5 Å². The van der Waals surface area contributed by atoms with Gasteiger partial charge in [-0.15, -0.1) is 0 Å². The molecule has 2 aromatic rings. The van der Waals surface area contributed by atoms with Gasteiger partial charge in [-0.25, -0.2) is 8.78 Å². The van der Waals surface area contributed by atoms with E-state index in [1.54, 1.807) is 37.3 Å². The molecule has 206 valence electrons. The maximum Gasteiger partial charge on any atom is 0.267 e. The molecule has 1 saturated heterocycles. The summed E-state index contributed by atoms with van der Waals surface area (Å²) in [6, 6.07) is 10.5. The second-order valence-electron chi connectivity index (χ2n) is 10.2. The van der Waals surface area contributed by atoms with Crippen molar-refractivity contribution < 1.29 is 33.4 Å². The van der Waals surface area contributed by atoms with Gasteiger partial charge in [-0.2, -0.15) is 0 Å². The van der Waals surface area contributed by atoms with Crippen molar-refractivity contribution in [1.29, 1.82) is 0 Å². The SMILES string of the molecule is Cc1c(O)cccc1C(=O)NC(Cc1ccccc1)[C@H](O)C(=O)N1CC(F)(F)C[C@H]1C(=O)NCCC(C)C. The number of aromatic hydroxyl groups is 1. The highest BCUT2D eigenvalue weighted by Gasteiger charge is 2.51. The van der Waals surface area contributed by atoms with Gasteiger partial charge in [0.2, 0.25) is 5.91 Å². The molecule has 1 aliphatic heterocycles. The normalized spacial score (nSPS) is 18.2. The summed E-state index contributed by atoms with van der Waals surface area (Å²) in [5.74, 6) is -5.54. The molecule has 2 aromatic carbocycles. The third kappa shape index (κ3) is 7.28. The van der Waals surface area contributed by atoms with Crippen LogP contribution in [0.2, 0.25) is 0 Å². The zero-order valence-electron chi connectivity index (χ0n) is 21.8. The Kier molecular flexibility index (Phi) is 9.43. The average Bonchev–Trinajstić information content (AvgIpc) is 3.20. The second kappa shape index (κ2) is 12.3. The molecule has 0 spiro atoms. The third-order valence-electron chi connectivity index (χ3n) is 6.68. The first-order valence-corrected chi connectivity index (χ1v) is 12.7. The number of halogens is 2. The van der Waals surface area contributed by atoms with Crippen LogP contribution >= 0.6 is 0 Å². The van der Waals surface area contributed by atoms with E-state index in [4.69, 9.17) is 0 Å². The molecule has 3 atom stereocenters. The number of hydrogen-bond acceptors (Lipinski definition) is 5. The molecule has 0 aliphatic carbocycles. The number of likely N-dealkylation sites (tertiary alicyclic amines) is 1. The molecule has 1 unspecified atom stereocenters. The predicted octanol–water partition coefficient (Wildman–Crippen LogP) is 2.80. The number of nitrogens with one attached hydrogen (secondary N) is 2. The Bertz CT molecular complexity index is 1140. The van der Waals surface area contributed by atoms with E-state index in [9.17, 15) is 33.4 Å². The molecule has 3 amide bonds. The van der Waals surface area contributed by atoms with Gasteiger partial charge in [0.05, 0.1) is 12.6 Å². The number of benzene rings is 2. The van der Waals surface area contributed by atoms with E-state index in [0.29, 0.717) is 22.4 Å². The first kappa shape index (κ1) is 29.0. The second-order valence-corrected chi connectivity index (χ2v) is 10.2. The first-order valence-electron chi connectivity index (χ1n) is 12.7. The number of hydrogen-bond donors (Lipinski definition) is 4. The summed E-state index contributed by atoms with van der Waals surface area (Å²) in [5.41, 5.74) is 1.13. The van der Waals surface area contributed by atoms with E-state index >= 15 is 0 Å². The Morgan fingerprint density at radius 3 is 2.45 bits per heavy atom. The van der Waals surface area contributed by atoms with Crippen molar-refractivity contribution in [2.75, 3.05) is 13.1 Å². The van der Waals surface area contributed by atoms with Crippen molar-refractivity contribution in [3.8, 4) is 5.75 Å². The van der Waals surface area contributed by atoms with Crippen molar-refractivity contribution >= 4 is 17.7 Å².